The minimum absolute atomic E-state index is 0.0684. The quantitative estimate of drug-likeness (QED) is 0.815. The van der Waals surface area contributed by atoms with Gasteiger partial charge in [0, 0.05) is 25.1 Å². The van der Waals surface area contributed by atoms with Gasteiger partial charge in [-0.1, -0.05) is 0 Å². The Hall–Kier alpha value is -1.77. The molecule has 0 aliphatic heterocycles. The van der Waals surface area contributed by atoms with Crippen LogP contribution in [0.1, 0.15) is 17.1 Å². The Kier molecular flexibility index (Phi) is 4.17. The van der Waals surface area contributed by atoms with Crippen molar-refractivity contribution in [3.63, 3.8) is 0 Å². The second-order valence-electron chi connectivity index (χ2n) is 4.41. The number of hydrogen-bond acceptors (Lipinski definition) is 5. The number of aliphatic hydroxyl groups excluding tert-OH is 1. The number of aromatic nitrogens is 3. The lowest BCUT2D eigenvalue weighted by molar-refractivity contribution is 0.272. The largest absolute Gasteiger partial charge is 0.390 e. The van der Waals surface area contributed by atoms with E-state index in [4.69, 9.17) is 5.11 Å². The number of aliphatic hydroxyl groups is 1. The third kappa shape index (κ3) is 3.21. The standard InChI is InChI=1S/C12H16N4O3S/c1-9-4-14-10(5-13-9)6-15-20(18,19)12-3-11(8-17)16(2)7-12/h3-5,7,15,17H,6,8H2,1-2H3. The van der Waals surface area contributed by atoms with Gasteiger partial charge in [0.05, 0.1) is 35.6 Å². The molecule has 8 heteroatoms. The monoisotopic (exact) mass is 296 g/mol. The van der Waals surface area contributed by atoms with E-state index in [1.165, 1.54) is 18.5 Å². The number of nitrogens with one attached hydrogen (secondary N) is 1. The van der Waals surface area contributed by atoms with Crippen molar-refractivity contribution in [3.8, 4) is 0 Å². The molecule has 0 atom stereocenters. The maximum Gasteiger partial charge on any atom is 0.242 e. The van der Waals surface area contributed by atoms with Gasteiger partial charge in [-0.15, -0.1) is 0 Å². The molecule has 2 N–H and O–H groups in total. The Morgan fingerprint density at radius 2 is 2.10 bits per heavy atom. The average molecular weight is 296 g/mol. The van der Waals surface area contributed by atoms with Gasteiger partial charge in [0.25, 0.3) is 0 Å². The SMILES string of the molecule is Cc1cnc(CNS(=O)(=O)c2cc(CO)n(C)c2)cn1. The highest BCUT2D eigenvalue weighted by Crippen LogP contribution is 2.13. The first-order valence-electron chi connectivity index (χ1n) is 5.95. The number of hydrogen-bond donors (Lipinski definition) is 2. The van der Waals surface area contributed by atoms with E-state index in [1.54, 1.807) is 24.7 Å². The molecular weight excluding hydrogens is 280 g/mol. The van der Waals surface area contributed by atoms with Crippen molar-refractivity contribution in [1.82, 2.24) is 19.3 Å². The van der Waals surface area contributed by atoms with Crippen LogP contribution in [0.15, 0.2) is 29.6 Å². The molecular formula is C12H16N4O3S. The van der Waals surface area contributed by atoms with Crippen molar-refractivity contribution in [2.45, 2.75) is 25.0 Å². The van der Waals surface area contributed by atoms with E-state index in [-0.39, 0.29) is 18.0 Å². The topological polar surface area (TPSA) is 97.1 Å². The summed E-state index contributed by atoms with van der Waals surface area (Å²) in [7, 11) is -1.95. The summed E-state index contributed by atoms with van der Waals surface area (Å²) in [5, 5.41) is 9.08. The van der Waals surface area contributed by atoms with Crippen LogP contribution >= 0.6 is 0 Å². The van der Waals surface area contributed by atoms with Crippen molar-refractivity contribution in [2.24, 2.45) is 7.05 Å². The Labute approximate surface area is 117 Å². The Bertz CT molecular complexity index is 692. The van der Waals surface area contributed by atoms with Gasteiger partial charge in [0.2, 0.25) is 10.0 Å². The molecule has 0 aliphatic carbocycles. The van der Waals surface area contributed by atoms with Crippen LogP contribution < -0.4 is 4.72 Å². The van der Waals surface area contributed by atoms with Crippen LogP contribution in [-0.2, 0) is 30.2 Å². The molecule has 0 aromatic carbocycles. The zero-order valence-corrected chi connectivity index (χ0v) is 12.1. The van der Waals surface area contributed by atoms with Gasteiger partial charge in [0.15, 0.2) is 0 Å². The zero-order chi connectivity index (χ0) is 14.8. The fraction of sp³-hybridized carbons (Fsp3) is 0.333. The molecule has 0 amide bonds. The highest BCUT2D eigenvalue weighted by molar-refractivity contribution is 7.89. The van der Waals surface area contributed by atoms with E-state index in [9.17, 15) is 8.42 Å². The molecule has 20 heavy (non-hydrogen) atoms. The first-order chi connectivity index (χ1) is 9.42. The fourth-order valence-corrected chi connectivity index (χ4v) is 2.74. The molecule has 0 bridgehead atoms. The third-order valence-corrected chi connectivity index (χ3v) is 4.20. The molecule has 108 valence electrons. The van der Waals surface area contributed by atoms with Crippen LogP contribution in [0, 0.1) is 6.92 Å². The minimum Gasteiger partial charge on any atom is -0.390 e. The van der Waals surface area contributed by atoms with Gasteiger partial charge in [-0.05, 0) is 13.0 Å². The van der Waals surface area contributed by atoms with E-state index in [1.807, 2.05) is 0 Å². The summed E-state index contributed by atoms with van der Waals surface area (Å²) in [6, 6.07) is 1.43. The molecule has 2 rings (SSSR count). The highest BCUT2D eigenvalue weighted by Gasteiger charge is 2.17. The maximum absolute atomic E-state index is 12.1. The van der Waals surface area contributed by atoms with E-state index in [0.717, 1.165) is 5.69 Å². The molecule has 0 fully saturated rings. The van der Waals surface area contributed by atoms with Crippen molar-refractivity contribution in [2.75, 3.05) is 0 Å². The van der Waals surface area contributed by atoms with Crippen LogP contribution in [-0.4, -0.2) is 28.1 Å². The lowest BCUT2D eigenvalue weighted by atomic mass is 10.4. The summed E-state index contributed by atoms with van der Waals surface area (Å²) in [5.41, 5.74) is 1.84. The Balaban J connectivity index is 2.12. The molecule has 7 nitrogen and oxygen atoms in total. The van der Waals surface area contributed by atoms with Gasteiger partial charge in [0.1, 0.15) is 0 Å². The summed E-state index contributed by atoms with van der Waals surface area (Å²) in [6.45, 7) is 1.66. The minimum atomic E-state index is -3.63. The van der Waals surface area contributed by atoms with Crippen molar-refractivity contribution < 1.29 is 13.5 Å². The number of aryl methyl sites for hydroxylation is 2. The number of rotatable bonds is 5. The van der Waals surface area contributed by atoms with Crippen molar-refractivity contribution in [3.05, 3.63) is 41.7 Å². The van der Waals surface area contributed by atoms with Crippen molar-refractivity contribution in [1.29, 1.82) is 0 Å². The first-order valence-corrected chi connectivity index (χ1v) is 7.44. The van der Waals surface area contributed by atoms with Gasteiger partial charge in [-0.25, -0.2) is 13.1 Å². The van der Waals surface area contributed by atoms with Gasteiger partial charge in [-0.2, -0.15) is 0 Å². The van der Waals surface area contributed by atoms with E-state index in [2.05, 4.69) is 14.7 Å². The van der Waals surface area contributed by atoms with Crippen LogP contribution in [0.5, 0.6) is 0 Å². The molecule has 2 heterocycles. The van der Waals surface area contributed by atoms with Crippen LogP contribution in [0.25, 0.3) is 0 Å². The lowest BCUT2D eigenvalue weighted by Gasteiger charge is -2.04. The average Bonchev–Trinajstić information content (AvgIpc) is 2.80. The summed E-state index contributed by atoms with van der Waals surface area (Å²) in [6.07, 6.45) is 4.56. The van der Waals surface area contributed by atoms with Crippen LogP contribution in [0.3, 0.4) is 0 Å². The van der Waals surface area contributed by atoms with Gasteiger partial charge in [-0.3, -0.25) is 9.97 Å². The van der Waals surface area contributed by atoms with E-state index in [0.29, 0.717) is 11.4 Å². The summed E-state index contributed by atoms with van der Waals surface area (Å²) in [4.78, 5) is 8.24. The van der Waals surface area contributed by atoms with E-state index < -0.39 is 10.0 Å². The molecule has 0 unspecified atom stereocenters. The third-order valence-electron chi connectivity index (χ3n) is 2.83. The Morgan fingerprint density at radius 3 is 2.65 bits per heavy atom. The Morgan fingerprint density at radius 1 is 1.35 bits per heavy atom. The molecule has 2 aromatic heterocycles. The molecule has 0 aliphatic rings. The lowest BCUT2D eigenvalue weighted by Crippen LogP contribution is -2.23. The van der Waals surface area contributed by atoms with Crippen LogP contribution in [0.4, 0.5) is 0 Å². The van der Waals surface area contributed by atoms with E-state index >= 15 is 0 Å². The second-order valence-corrected chi connectivity index (χ2v) is 6.18. The van der Waals surface area contributed by atoms with Crippen LogP contribution in [0.2, 0.25) is 0 Å². The summed E-state index contributed by atoms with van der Waals surface area (Å²) < 4.78 is 28.2. The predicted octanol–water partition coefficient (Wildman–Crippen LogP) is 0.0943. The maximum atomic E-state index is 12.1. The van der Waals surface area contributed by atoms with Gasteiger partial charge < -0.3 is 9.67 Å². The molecule has 0 saturated heterocycles. The van der Waals surface area contributed by atoms with Gasteiger partial charge >= 0.3 is 0 Å². The molecule has 2 aromatic rings. The number of sulfonamides is 1. The molecule has 0 radical (unpaired) electrons. The highest BCUT2D eigenvalue weighted by atomic mass is 32.2. The molecule has 0 spiro atoms. The second kappa shape index (κ2) is 5.70. The normalized spacial score (nSPS) is 11.8. The summed E-state index contributed by atoms with van der Waals surface area (Å²) >= 11 is 0. The van der Waals surface area contributed by atoms with Crippen molar-refractivity contribution >= 4 is 10.0 Å². The summed E-state index contributed by atoms with van der Waals surface area (Å²) in [5.74, 6) is 0. The fourth-order valence-electron chi connectivity index (χ4n) is 1.64. The molecule has 0 saturated carbocycles. The first kappa shape index (κ1) is 14.6. The number of nitrogens with zero attached hydrogens (tertiary/aromatic N) is 3. The zero-order valence-electron chi connectivity index (χ0n) is 11.2. The smallest absolute Gasteiger partial charge is 0.242 e. The predicted molar refractivity (Wildman–Crippen MR) is 72.1 cm³/mol.